The summed E-state index contributed by atoms with van der Waals surface area (Å²) < 4.78 is 26.5. The Morgan fingerprint density at radius 1 is 1.14 bits per heavy atom. The molecule has 0 atom stereocenters. The van der Waals surface area contributed by atoms with Crippen molar-refractivity contribution in [2.45, 2.75) is 12.3 Å². The SMILES string of the molecule is CN(C)c1ccnc(CNS(=O)(=O)Cc2ccccc2)n1. The molecule has 0 amide bonds. The first-order valence-corrected chi connectivity index (χ1v) is 8.12. The fourth-order valence-electron chi connectivity index (χ4n) is 1.74. The van der Waals surface area contributed by atoms with Crippen LogP contribution >= 0.6 is 0 Å². The first-order chi connectivity index (χ1) is 9.96. The number of hydrogen-bond acceptors (Lipinski definition) is 5. The number of anilines is 1. The second-order valence-corrected chi connectivity index (χ2v) is 6.60. The maximum absolute atomic E-state index is 12.0. The molecule has 0 aliphatic rings. The summed E-state index contributed by atoms with van der Waals surface area (Å²) in [6.07, 6.45) is 1.61. The summed E-state index contributed by atoms with van der Waals surface area (Å²) in [6, 6.07) is 10.8. The van der Waals surface area contributed by atoms with E-state index in [9.17, 15) is 8.42 Å². The number of rotatable bonds is 6. The third-order valence-corrected chi connectivity index (χ3v) is 4.10. The van der Waals surface area contributed by atoms with E-state index in [1.54, 1.807) is 24.4 Å². The maximum atomic E-state index is 12.0. The number of aromatic nitrogens is 2. The molecule has 0 spiro atoms. The second kappa shape index (κ2) is 6.64. The molecule has 1 aromatic heterocycles. The van der Waals surface area contributed by atoms with Gasteiger partial charge in [-0.25, -0.2) is 23.1 Å². The summed E-state index contributed by atoms with van der Waals surface area (Å²) in [7, 11) is 0.324. The largest absolute Gasteiger partial charge is 0.363 e. The highest BCUT2D eigenvalue weighted by atomic mass is 32.2. The molecule has 2 aromatic rings. The minimum absolute atomic E-state index is 0.0544. The molecule has 2 rings (SSSR count). The number of nitrogens with zero attached hydrogens (tertiary/aromatic N) is 3. The van der Waals surface area contributed by atoms with Crippen LogP contribution in [0.15, 0.2) is 42.6 Å². The average Bonchev–Trinajstić information content (AvgIpc) is 2.46. The quantitative estimate of drug-likeness (QED) is 0.867. The average molecular weight is 306 g/mol. The number of sulfonamides is 1. The van der Waals surface area contributed by atoms with Gasteiger partial charge in [0.15, 0.2) is 0 Å². The van der Waals surface area contributed by atoms with Gasteiger partial charge < -0.3 is 4.90 Å². The van der Waals surface area contributed by atoms with Crippen LogP contribution < -0.4 is 9.62 Å². The Bertz CT molecular complexity index is 687. The van der Waals surface area contributed by atoms with Crippen molar-refractivity contribution in [2.75, 3.05) is 19.0 Å². The van der Waals surface area contributed by atoms with E-state index in [0.717, 1.165) is 11.4 Å². The molecule has 112 valence electrons. The summed E-state index contributed by atoms with van der Waals surface area (Å²) in [4.78, 5) is 10.2. The zero-order valence-corrected chi connectivity index (χ0v) is 12.8. The molecule has 1 N–H and O–H groups in total. The smallest absolute Gasteiger partial charge is 0.216 e. The van der Waals surface area contributed by atoms with Gasteiger partial charge in [0.1, 0.15) is 11.6 Å². The number of hydrogen-bond donors (Lipinski definition) is 1. The summed E-state index contributed by atoms with van der Waals surface area (Å²) in [5.41, 5.74) is 0.743. The third-order valence-electron chi connectivity index (χ3n) is 2.80. The van der Waals surface area contributed by atoms with E-state index < -0.39 is 10.0 Å². The second-order valence-electron chi connectivity index (χ2n) is 4.79. The minimum atomic E-state index is -3.41. The third kappa shape index (κ3) is 4.80. The fourth-order valence-corrected chi connectivity index (χ4v) is 2.82. The number of nitrogens with one attached hydrogen (secondary N) is 1. The van der Waals surface area contributed by atoms with Crippen molar-refractivity contribution in [3.05, 3.63) is 54.0 Å². The predicted molar refractivity (Wildman–Crippen MR) is 82.3 cm³/mol. The van der Waals surface area contributed by atoms with Gasteiger partial charge >= 0.3 is 0 Å². The van der Waals surface area contributed by atoms with Gasteiger partial charge in [0.2, 0.25) is 10.0 Å². The van der Waals surface area contributed by atoms with Crippen LogP contribution in [0.4, 0.5) is 5.82 Å². The molecule has 0 unspecified atom stereocenters. The molecular weight excluding hydrogens is 288 g/mol. The van der Waals surface area contributed by atoms with Gasteiger partial charge in [-0.15, -0.1) is 0 Å². The molecule has 1 heterocycles. The molecule has 0 bridgehead atoms. The molecule has 21 heavy (non-hydrogen) atoms. The van der Waals surface area contributed by atoms with Gasteiger partial charge in [-0.05, 0) is 11.6 Å². The van der Waals surface area contributed by atoms with E-state index in [1.807, 2.05) is 37.2 Å². The van der Waals surface area contributed by atoms with E-state index in [4.69, 9.17) is 0 Å². The summed E-state index contributed by atoms with van der Waals surface area (Å²) in [5.74, 6) is 1.13. The zero-order chi connectivity index (χ0) is 15.3. The molecule has 6 nitrogen and oxygen atoms in total. The molecule has 0 aliphatic heterocycles. The van der Waals surface area contributed by atoms with Crippen LogP contribution in [0.25, 0.3) is 0 Å². The first kappa shape index (κ1) is 15.4. The van der Waals surface area contributed by atoms with Gasteiger partial charge in [0, 0.05) is 20.3 Å². The van der Waals surface area contributed by atoms with Gasteiger partial charge in [-0.1, -0.05) is 30.3 Å². The topological polar surface area (TPSA) is 75.2 Å². The summed E-state index contributed by atoms with van der Waals surface area (Å²) >= 11 is 0. The molecule has 7 heteroatoms. The lowest BCUT2D eigenvalue weighted by atomic mass is 10.2. The van der Waals surface area contributed by atoms with Crippen molar-refractivity contribution < 1.29 is 8.42 Å². The van der Waals surface area contributed by atoms with Gasteiger partial charge in [-0.2, -0.15) is 0 Å². The van der Waals surface area contributed by atoms with Crippen LogP contribution in [0.3, 0.4) is 0 Å². The predicted octanol–water partition coefficient (Wildman–Crippen LogP) is 1.16. The molecule has 1 aromatic carbocycles. The van der Waals surface area contributed by atoms with E-state index >= 15 is 0 Å². The van der Waals surface area contributed by atoms with Gasteiger partial charge in [-0.3, -0.25) is 0 Å². The molecule has 0 aliphatic carbocycles. The first-order valence-electron chi connectivity index (χ1n) is 6.47. The monoisotopic (exact) mass is 306 g/mol. The lowest BCUT2D eigenvalue weighted by Gasteiger charge is -2.12. The van der Waals surface area contributed by atoms with E-state index in [1.165, 1.54) is 0 Å². The Labute approximate surface area is 124 Å². The Morgan fingerprint density at radius 2 is 1.86 bits per heavy atom. The van der Waals surface area contributed by atoms with Crippen molar-refractivity contribution in [3.63, 3.8) is 0 Å². The van der Waals surface area contributed by atoms with E-state index in [-0.39, 0.29) is 12.3 Å². The normalized spacial score (nSPS) is 11.3. The van der Waals surface area contributed by atoms with E-state index in [2.05, 4.69) is 14.7 Å². The molecular formula is C14H18N4O2S. The van der Waals surface area contributed by atoms with Crippen LogP contribution in [-0.4, -0.2) is 32.5 Å². The van der Waals surface area contributed by atoms with Crippen molar-refractivity contribution in [2.24, 2.45) is 0 Å². The van der Waals surface area contributed by atoms with Crippen LogP contribution in [0.2, 0.25) is 0 Å². The van der Waals surface area contributed by atoms with Gasteiger partial charge in [0.05, 0.1) is 12.3 Å². The fraction of sp³-hybridized carbons (Fsp3) is 0.286. The van der Waals surface area contributed by atoms with E-state index in [0.29, 0.717) is 5.82 Å². The zero-order valence-electron chi connectivity index (χ0n) is 12.0. The van der Waals surface area contributed by atoms with Crippen LogP contribution in [0.5, 0.6) is 0 Å². The lowest BCUT2D eigenvalue weighted by Crippen LogP contribution is -2.26. The van der Waals surface area contributed by atoms with Crippen LogP contribution in [0, 0.1) is 0 Å². The molecule has 0 fully saturated rings. The Kier molecular flexibility index (Phi) is 4.87. The lowest BCUT2D eigenvalue weighted by molar-refractivity contribution is 0.578. The minimum Gasteiger partial charge on any atom is -0.363 e. The Morgan fingerprint density at radius 3 is 2.52 bits per heavy atom. The maximum Gasteiger partial charge on any atom is 0.216 e. The highest BCUT2D eigenvalue weighted by Gasteiger charge is 2.12. The summed E-state index contributed by atoms with van der Waals surface area (Å²) in [5, 5.41) is 0. The van der Waals surface area contributed by atoms with Crippen molar-refractivity contribution in [1.29, 1.82) is 0 Å². The van der Waals surface area contributed by atoms with Crippen molar-refractivity contribution >= 4 is 15.8 Å². The van der Waals surface area contributed by atoms with Crippen LogP contribution in [0.1, 0.15) is 11.4 Å². The molecule has 0 saturated heterocycles. The van der Waals surface area contributed by atoms with Crippen molar-refractivity contribution in [3.8, 4) is 0 Å². The number of benzene rings is 1. The van der Waals surface area contributed by atoms with Gasteiger partial charge in [0.25, 0.3) is 0 Å². The standard InChI is InChI=1S/C14H18N4O2S/c1-18(2)14-8-9-15-13(17-14)10-16-21(19,20)11-12-6-4-3-5-7-12/h3-9,16H,10-11H2,1-2H3. The summed E-state index contributed by atoms with van der Waals surface area (Å²) in [6.45, 7) is 0.0802. The van der Waals surface area contributed by atoms with Crippen molar-refractivity contribution in [1.82, 2.24) is 14.7 Å². The van der Waals surface area contributed by atoms with Crippen LogP contribution in [-0.2, 0) is 22.3 Å². The highest BCUT2D eigenvalue weighted by molar-refractivity contribution is 7.88. The molecule has 0 saturated carbocycles. The highest BCUT2D eigenvalue weighted by Crippen LogP contribution is 2.07. The Hall–Kier alpha value is -1.99. The molecule has 0 radical (unpaired) electrons. The Balaban J connectivity index is 2.00.